The summed E-state index contributed by atoms with van der Waals surface area (Å²) >= 11 is 0. The molecule has 0 bridgehead atoms. The van der Waals surface area contributed by atoms with E-state index in [0.717, 1.165) is 50.7 Å². The Kier molecular flexibility index (Phi) is 8.54. The maximum absolute atomic E-state index is 10.7. The molecule has 1 fully saturated rings. The van der Waals surface area contributed by atoms with Crippen LogP contribution >= 0.6 is 0 Å². The lowest BCUT2D eigenvalue weighted by Crippen LogP contribution is -2.46. The lowest BCUT2D eigenvalue weighted by molar-refractivity contribution is -0.0679. The number of hydrogen-bond donors (Lipinski definition) is 3. The van der Waals surface area contributed by atoms with Gasteiger partial charge in [-0.1, -0.05) is 30.3 Å². The molecule has 1 aliphatic heterocycles. The van der Waals surface area contributed by atoms with Crippen LogP contribution in [0, 0.1) is 0 Å². The summed E-state index contributed by atoms with van der Waals surface area (Å²) in [6.07, 6.45) is 1.65. The van der Waals surface area contributed by atoms with Gasteiger partial charge in [-0.2, -0.15) is 0 Å². The monoisotopic (exact) mass is 376 g/mol. The summed E-state index contributed by atoms with van der Waals surface area (Å²) in [6, 6.07) is 9.68. The van der Waals surface area contributed by atoms with E-state index in [1.54, 1.807) is 6.92 Å². The lowest BCUT2D eigenvalue weighted by atomic mass is 9.96. The van der Waals surface area contributed by atoms with E-state index < -0.39 is 5.60 Å². The highest BCUT2D eigenvalue weighted by atomic mass is 16.5. The number of guanidine groups is 1. The average molecular weight is 377 g/mol. The van der Waals surface area contributed by atoms with Crippen LogP contribution in [0.5, 0.6) is 0 Å². The molecule has 3 unspecified atom stereocenters. The SMILES string of the molecule is CCNC(=NCC(C)(O)c1ccccc1)NCCCN1CC(C)OC(C)C1. The van der Waals surface area contributed by atoms with E-state index in [0.29, 0.717) is 18.8 Å². The normalized spacial score (nSPS) is 23.7. The van der Waals surface area contributed by atoms with E-state index in [9.17, 15) is 5.11 Å². The van der Waals surface area contributed by atoms with Crippen molar-refractivity contribution < 1.29 is 9.84 Å². The first kappa shape index (κ1) is 21.7. The van der Waals surface area contributed by atoms with Gasteiger partial charge in [-0.15, -0.1) is 0 Å². The maximum atomic E-state index is 10.7. The van der Waals surface area contributed by atoms with Crippen LogP contribution in [-0.2, 0) is 10.3 Å². The average Bonchev–Trinajstić information content (AvgIpc) is 2.63. The minimum absolute atomic E-state index is 0.306. The lowest BCUT2D eigenvalue weighted by Gasteiger charge is -2.35. The third kappa shape index (κ3) is 7.48. The Morgan fingerprint density at radius 1 is 1.22 bits per heavy atom. The minimum Gasteiger partial charge on any atom is -0.384 e. The van der Waals surface area contributed by atoms with Crippen LogP contribution in [0.25, 0.3) is 0 Å². The molecule has 2 rings (SSSR count). The van der Waals surface area contributed by atoms with Gasteiger partial charge in [0.2, 0.25) is 0 Å². The predicted molar refractivity (Wildman–Crippen MR) is 111 cm³/mol. The fourth-order valence-electron chi connectivity index (χ4n) is 3.44. The van der Waals surface area contributed by atoms with Gasteiger partial charge in [-0.25, -0.2) is 4.99 Å². The van der Waals surface area contributed by atoms with Gasteiger partial charge >= 0.3 is 0 Å². The Hall–Kier alpha value is -1.63. The number of aliphatic imine (C=N–C) groups is 1. The van der Waals surface area contributed by atoms with Crippen molar-refractivity contribution in [1.29, 1.82) is 0 Å². The zero-order chi connectivity index (χ0) is 19.7. The molecule has 0 radical (unpaired) electrons. The van der Waals surface area contributed by atoms with Crippen LogP contribution in [0.1, 0.15) is 39.7 Å². The highest BCUT2D eigenvalue weighted by Crippen LogP contribution is 2.20. The predicted octanol–water partition coefficient (Wildman–Crippen LogP) is 1.95. The van der Waals surface area contributed by atoms with Crippen molar-refractivity contribution in [3.63, 3.8) is 0 Å². The van der Waals surface area contributed by atoms with Crippen LogP contribution in [0.4, 0.5) is 0 Å². The summed E-state index contributed by atoms with van der Waals surface area (Å²) < 4.78 is 5.78. The van der Waals surface area contributed by atoms with Gasteiger partial charge < -0.3 is 20.5 Å². The largest absolute Gasteiger partial charge is 0.384 e. The van der Waals surface area contributed by atoms with Crippen LogP contribution in [0.3, 0.4) is 0 Å². The van der Waals surface area contributed by atoms with Crippen molar-refractivity contribution in [1.82, 2.24) is 15.5 Å². The number of nitrogens with one attached hydrogen (secondary N) is 2. The maximum Gasteiger partial charge on any atom is 0.191 e. The van der Waals surface area contributed by atoms with Crippen molar-refractivity contribution in [2.45, 2.75) is 51.9 Å². The molecule has 1 heterocycles. The fraction of sp³-hybridized carbons (Fsp3) is 0.667. The number of nitrogens with zero attached hydrogens (tertiary/aromatic N) is 2. The van der Waals surface area contributed by atoms with Gasteiger partial charge in [-0.3, -0.25) is 4.90 Å². The third-order valence-electron chi connectivity index (χ3n) is 4.72. The van der Waals surface area contributed by atoms with Gasteiger partial charge in [0.15, 0.2) is 5.96 Å². The molecule has 6 heteroatoms. The Balaban J connectivity index is 1.79. The summed E-state index contributed by atoms with van der Waals surface area (Å²) in [4.78, 5) is 7.04. The second kappa shape index (κ2) is 10.6. The van der Waals surface area contributed by atoms with Crippen LogP contribution < -0.4 is 10.6 Å². The summed E-state index contributed by atoms with van der Waals surface area (Å²) in [5.74, 6) is 0.748. The molecule has 1 aromatic rings. The fourth-order valence-corrected chi connectivity index (χ4v) is 3.44. The van der Waals surface area contributed by atoms with Gasteiger partial charge in [0, 0.05) is 32.7 Å². The third-order valence-corrected chi connectivity index (χ3v) is 4.72. The van der Waals surface area contributed by atoms with Crippen LogP contribution in [0.15, 0.2) is 35.3 Å². The summed E-state index contributed by atoms with van der Waals surface area (Å²) in [5, 5.41) is 17.3. The summed E-state index contributed by atoms with van der Waals surface area (Å²) in [5.41, 5.74) is -0.107. The first-order valence-corrected chi connectivity index (χ1v) is 10.1. The van der Waals surface area contributed by atoms with E-state index in [4.69, 9.17) is 4.74 Å². The molecule has 6 nitrogen and oxygen atoms in total. The minimum atomic E-state index is -0.982. The quantitative estimate of drug-likeness (QED) is 0.368. The standard InChI is InChI=1S/C21H36N4O2/c1-5-22-20(24-16-21(4,26)19-10-7-6-8-11-19)23-12-9-13-25-14-17(2)27-18(3)15-25/h6-8,10-11,17-18,26H,5,9,12-16H2,1-4H3,(H2,22,23,24). The molecule has 0 amide bonds. The molecule has 3 atom stereocenters. The van der Waals surface area contributed by atoms with Gasteiger partial charge in [0.05, 0.1) is 18.8 Å². The highest BCUT2D eigenvalue weighted by molar-refractivity contribution is 5.79. The van der Waals surface area contributed by atoms with E-state index in [1.165, 1.54) is 0 Å². The van der Waals surface area contributed by atoms with Crippen LogP contribution in [-0.4, -0.2) is 67.4 Å². The molecule has 1 saturated heterocycles. The first-order valence-electron chi connectivity index (χ1n) is 10.1. The topological polar surface area (TPSA) is 69.1 Å². The molecule has 0 aromatic heterocycles. The zero-order valence-corrected chi connectivity index (χ0v) is 17.2. The first-order chi connectivity index (χ1) is 12.9. The zero-order valence-electron chi connectivity index (χ0n) is 17.2. The number of aliphatic hydroxyl groups is 1. The number of benzene rings is 1. The molecule has 1 aromatic carbocycles. The van der Waals surface area contributed by atoms with Gasteiger partial charge in [0.1, 0.15) is 5.60 Å². The van der Waals surface area contributed by atoms with Crippen molar-refractivity contribution >= 4 is 5.96 Å². The van der Waals surface area contributed by atoms with E-state index in [1.807, 2.05) is 37.3 Å². The number of hydrogen-bond acceptors (Lipinski definition) is 4. The van der Waals surface area contributed by atoms with Crippen molar-refractivity contribution in [3.05, 3.63) is 35.9 Å². The van der Waals surface area contributed by atoms with Gasteiger partial charge in [0.25, 0.3) is 0 Å². The van der Waals surface area contributed by atoms with E-state index in [2.05, 4.69) is 34.4 Å². The van der Waals surface area contributed by atoms with Crippen LogP contribution in [0.2, 0.25) is 0 Å². The molecule has 152 valence electrons. The second-order valence-electron chi connectivity index (χ2n) is 7.63. The highest BCUT2D eigenvalue weighted by Gasteiger charge is 2.23. The Morgan fingerprint density at radius 3 is 2.52 bits per heavy atom. The Bertz CT molecular complexity index is 567. The Morgan fingerprint density at radius 2 is 1.89 bits per heavy atom. The molecule has 27 heavy (non-hydrogen) atoms. The summed E-state index contributed by atoms with van der Waals surface area (Å²) in [6.45, 7) is 13.1. The molecule has 0 aliphatic carbocycles. The molecule has 1 aliphatic rings. The van der Waals surface area contributed by atoms with Crippen molar-refractivity contribution in [2.24, 2.45) is 4.99 Å². The Labute approximate surface area is 164 Å². The second-order valence-corrected chi connectivity index (χ2v) is 7.63. The van der Waals surface area contributed by atoms with Crippen molar-refractivity contribution in [2.75, 3.05) is 39.3 Å². The molecular formula is C21H36N4O2. The van der Waals surface area contributed by atoms with E-state index >= 15 is 0 Å². The smallest absolute Gasteiger partial charge is 0.191 e. The molecule has 0 spiro atoms. The van der Waals surface area contributed by atoms with E-state index in [-0.39, 0.29) is 0 Å². The van der Waals surface area contributed by atoms with Crippen molar-refractivity contribution in [3.8, 4) is 0 Å². The molecule has 3 N–H and O–H groups in total. The molecular weight excluding hydrogens is 340 g/mol. The number of rotatable bonds is 8. The molecule has 0 saturated carbocycles. The number of morpholine rings is 1. The summed E-state index contributed by atoms with van der Waals surface area (Å²) in [7, 11) is 0. The number of ether oxygens (including phenoxy) is 1. The van der Waals surface area contributed by atoms with Gasteiger partial charge in [-0.05, 0) is 39.7 Å².